The van der Waals surface area contributed by atoms with Gasteiger partial charge in [0.05, 0.1) is 0 Å². The number of allylic oxidation sites excluding steroid dienone is 2. The van der Waals surface area contributed by atoms with Crippen LogP contribution in [-0.2, 0) is 20.1 Å². The van der Waals surface area contributed by atoms with Crippen molar-refractivity contribution in [3.8, 4) is 100 Å². The zero-order valence-corrected chi connectivity index (χ0v) is 49.5. The minimum absolute atomic E-state index is 0. The zero-order valence-electron chi connectivity index (χ0n) is 47.1. The maximum atomic E-state index is 5.13. The summed E-state index contributed by atoms with van der Waals surface area (Å²) >= 11 is 0. The normalized spacial score (nSPS) is 13.5. The number of anilines is 4. The first-order valence-electron chi connectivity index (χ1n) is 29.0. The molecule has 0 saturated heterocycles. The van der Waals surface area contributed by atoms with Gasteiger partial charge in [0.2, 0.25) is 0 Å². The molecule has 0 N–H and O–H groups in total. The standard InChI is InChI=1S/C81H52N5.Ir/c1-4-17-56(18-5-1)57-31-33-58(34-32-57)59-19-16-20-62(45-59)79-42-37-65(51-82-79)75-27-12-15-30-78(75)68-49-66(76-28-13-10-25-73(76)60-38-43-80-63(46-60)35-40-71-52-83(54-85(71)80)69-21-6-2-7-22-69)48-67(50-68)77-29-14-11-26-74(77)61-39-44-81-64(47-61)36-41-72-53-84(55-86(72)81)70-23-8-3-9-24-70;/h1-19,21-42,45-55H;/q-5;. The summed E-state index contributed by atoms with van der Waals surface area (Å²) in [4.78, 5) is 13.9. The van der Waals surface area contributed by atoms with Crippen molar-refractivity contribution in [2.75, 3.05) is 19.6 Å². The molecule has 0 spiro atoms. The number of pyridine rings is 1. The third kappa shape index (κ3) is 10.1. The second-order valence-electron chi connectivity index (χ2n) is 21.9. The molecular formula is C81H52IrN5-5. The van der Waals surface area contributed by atoms with E-state index in [9.17, 15) is 0 Å². The van der Waals surface area contributed by atoms with E-state index in [1.54, 1.807) is 0 Å². The Morgan fingerprint density at radius 2 is 0.724 bits per heavy atom. The summed E-state index contributed by atoms with van der Waals surface area (Å²) in [5.74, 6) is 0. The fourth-order valence-electron chi connectivity index (χ4n) is 12.4. The number of aromatic nitrogens is 1. The van der Waals surface area contributed by atoms with Crippen molar-refractivity contribution in [3.05, 3.63) is 346 Å². The molecule has 0 amide bonds. The average Bonchev–Trinajstić information content (AvgIpc) is 4.01. The minimum atomic E-state index is 0. The molecule has 87 heavy (non-hydrogen) atoms. The summed E-state index contributed by atoms with van der Waals surface area (Å²) in [5.41, 5.74) is 28.4. The van der Waals surface area contributed by atoms with Gasteiger partial charge in [-0.2, -0.15) is 36.4 Å². The second-order valence-corrected chi connectivity index (χ2v) is 21.9. The van der Waals surface area contributed by atoms with Crippen LogP contribution in [0.5, 0.6) is 0 Å². The van der Waals surface area contributed by atoms with Crippen LogP contribution in [0.1, 0.15) is 11.1 Å². The van der Waals surface area contributed by atoms with E-state index in [4.69, 9.17) is 4.98 Å². The van der Waals surface area contributed by atoms with E-state index in [1.165, 1.54) is 11.1 Å². The molecular weight excluding hydrogens is 1240 g/mol. The molecule has 0 unspecified atom stereocenters. The molecule has 6 heteroatoms. The van der Waals surface area contributed by atoms with Gasteiger partial charge >= 0.3 is 0 Å². The third-order valence-electron chi connectivity index (χ3n) is 16.7. The van der Waals surface area contributed by atoms with Gasteiger partial charge in [0.25, 0.3) is 0 Å². The van der Waals surface area contributed by atoms with Crippen molar-refractivity contribution in [1.29, 1.82) is 0 Å². The van der Waals surface area contributed by atoms with Gasteiger partial charge in [0.1, 0.15) is 0 Å². The first-order valence-corrected chi connectivity index (χ1v) is 29.0. The Labute approximate surface area is 522 Å². The topological polar surface area (TPSA) is 25.9 Å². The van der Waals surface area contributed by atoms with Crippen LogP contribution in [0.2, 0.25) is 0 Å². The van der Waals surface area contributed by atoms with Crippen LogP contribution in [0.25, 0.3) is 112 Å². The van der Waals surface area contributed by atoms with Crippen molar-refractivity contribution >= 4 is 34.9 Å². The number of hydrogen-bond donors (Lipinski definition) is 0. The van der Waals surface area contributed by atoms with Crippen LogP contribution in [0.4, 0.5) is 22.7 Å². The van der Waals surface area contributed by atoms with Gasteiger partial charge in [-0.1, -0.05) is 211 Å². The SMILES string of the molecule is [Ir].[c-]1ccc(-c2ccc(-c3ccccc3)cc2)cc1-c1ccc(-c2ccccc2-c2cc(-c3ccccc3-c3c[c-]c4c(c3)C=CC3=CN(c5ccccc5)[CH-]N34)cc(-c3ccccc3-c3c[c-]c4c(c3)C=CC3=CN(c5ccccc5)[CH-]N34)c2)cn1. The van der Waals surface area contributed by atoms with E-state index in [1.807, 2.05) is 24.4 Å². The molecule has 1 radical (unpaired) electrons. The van der Waals surface area contributed by atoms with Crippen molar-refractivity contribution in [2.45, 2.75) is 0 Å². The Hall–Kier alpha value is -10.6. The van der Waals surface area contributed by atoms with Crippen LogP contribution in [0.3, 0.4) is 0 Å². The molecule has 11 aromatic carbocycles. The Morgan fingerprint density at radius 3 is 1.18 bits per heavy atom. The molecule has 12 aromatic rings. The van der Waals surface area contributed by atoms with E-state index in [0.29, 0.717) is 0 Å². The Balaban J connectivity index is 0.00000638. The number of fused-ring (bicyclic) bond motifs is 6. The molecule has 0 aliphatic carbocycles. The van der Waals surface area contributed by atoms with Crippen molar-refractivity contribution in [2.24, 2.45) is 0 Å². The predicted molar refractivity (Wildman–Crippen MR) is 355 cm³/mol. The summed E-state index contributed by atoms with van der Waals surface area (Å²) in [6.07, 6.45) is 15.2. The summed E-state index contributed by atoms with van der Waals surface area (Å²) < 4.78 is 0. The number of nitrogens with zero attached hydrogens (tertiary/aromatic N) is 5. The van der Waals surface area contributed by atoms with Crippen LogP contribution in [-0.4, -0.2) is 4.98 Å². The summed E-state index contributed by atoms with van der Waals surface area (Å²) in [7, 11) is 0. The van der Waals surface area contributed by atoms with Gasteiger partial charge in [0.15, 0.2) is 0 Å². The van der Waals surface area contributed by atoms with Crippen LogP contribution in [0, 0.1) is 31.5 Å². The Kier molecular flexibility index (Phi) is 13.9. The quantitative estimate of drug-likeness (QED) is 0.120. The van der Waals surface area contributed by atoms with E-state index < -0.39 is 0 Å². The molecule has 4 aliphatic rings. The fourth-order valence-corrected chi connectivity index (χ4v) is 12.4. The maximum Gasteiger partial charge on any atom is 0.0243 e. The molecule has 415 valence electrons. The molecule has 5 nitrogen and oxygen atoms in total. The van der Waals surface area contributed by atoms with E-state index >= 15 is 0 Å². The summed E-state index contributed by atoms with van der Waals surface area (Å²) in [6, 6.07) is 104. The van der Waals surface area contributed by atoms with Gasteiger partial charge in [-0.05, 0) is 122 Å². The van der Waals surface area contributed by atoms with Gasteiger partial charge in [-0.15, -0.1) is 83.1 Å². The van der Waals surface area contributed by atoms with Gasteiger partial charge in [0, 0.05) is 49.1 Å². The molecule has 5 heterocycles. The summed E-state index contributed by atoms with van der Waals surface area (Å²) in [5, 5.41) is 0. The third-order valence-corrected chi connectivity index (χ3v) is 16.7. The van der Waals surface area contributed by atoms with Crippen molar-refractivity contribution in [1.82, 2.24) is 4.98 Å². The zero-order chi connectivity index (χ0) is 56.9. The van der Waals surface area contributed by atoms with Gasteiger partial charge < -0.3 is 24.6 Å². The second kappa shape index (κ2) is 22.8. The first-order chi connectivity index (χ1) is 42.6. The molecule has 0 fully saturated rings. The average molecular weight is 1290 g/mol. The number of hydrogen-bond acceptors (Lipinski definition) is 5. The van der Waals surface area contributed by atoms with E-state index in [2.05, 4.69) is 330 Å². The molecule has 0 bridgehead atoms. The maximum absolute atomic E-state index is 5.13. The number of rotatable bonds is 11. The molecule has 0 saturated carbocycles. The van der Waals surface area contributed by atoms with E-state index in [0.717, 1.165) is 134 Å². The van der Waals surface area contributed by atoms with Crippen molar-refractivity contribution in [3.63, 3.8) is 0 Å². The summed E-state index contributed by atoms with van der Waals surface area (Å²) in [6.45, 7) is 4.29. The fraction of sp³-hybridized carbons (Fsp3) is 0. The first kappa shape index (κ1) is 53.1. The van der Waals surface area contributed by atoms with Crippen LogP contribution < -0.4 is 19.6 Å². The monoisotopic (exact) mass is 1290 g/mol. The largest absolute Gasteiger partial charge is 0.494 e. The molecule has 1 aromatic heterocycles. The predicted octanol–water partition coefficient (Wildman–Crippen LogP) is 20.1. The molecule has 16 rings (SSSR count). The molecule has 0 atom stereocenters. The van der Waals surface area contributed by atoms with E-state index in [-0.39, 0.29) is 20.1 Å². The van der Waals surface area contributed by atoms with Gasteiger partial charge in [-0.3, -0.25) is 0 Å². The Morgan fingerprint density at radius 1 is 0.322 bits per heavy atom. The Bertz CT molecular complexity index is 4510. The van der Waals surface area contributed by atoms with Crippen LogP contribution >= 0.6 is 0 Å². The minimum Gasteiger partial charge on any atom is -0.494 e. The smallest absolute Gasteiger partial charge is 0.0243 e. The van der Waals surface area contributed by atoms with Crippen LogP contribution in [0.15, 0.2) is 303 Å². The number of benzene rings is 11. The molecule has 4 aliphatic heterocycles. The number of para-hydroxylation sites is 2. The van der Waals surface area contributed by atoms with Crippen molar-refractivity contribution < 1.29 is 20.1 Å². The van der Waals surface area contributed by atoms with Gasteiger partial charge in [-0.25, -0.2) is 0 Å².